The van der Waals surface area contributed by atoms with Crippen molar-refractivity contribution >= 4 is 33.7 Å². The van der Waals surface area contributed by atoms with Crippen LogP contribution in [-0.4, -0.2) is 18.0 Å². The number of methoxy groups -OCH3 is 1. The zero-order chi connectivity index (χ0) is 19.0. The third-order valence-corrected chi connectivity index (χ3v) is 4.40. The van der Waals surface area contributed by atoms with E-state index >= 15 is 0 Å². The van der Waals surface area contributed by atoms with Crippen LogP contribution < -0.4 is 10.1 Å². The maximum atomic E-state index is 12.5. The molecule has 1 N–H and O–H groups in total. The minimum Gasteiger partial charge on any atom is -0.497 e. The number of hydrogen-bond acceptors (Lipinski definition) is 5. The number of carbonyl (C=O) groups excluding carboxylic acids is 1. The third-order valence-electron chi connectivity index (χ3n) is 4.40. The van der Waals surface area contributed by atoms with Gasteiger partial charge in [-0.25, -0.2) is 4.98 Å². The van der Waals surface area contributed by atoms with E-state index in [1.54, 1.807) is 13.4 Å². The number of hydrogen-bond donors (Lipinski definition) is 1. The van der Waals surface area contributed by atoms with Gasteiger partial charge in [-0.3, -0.25) is 4.79 Å². The summed E-state index contributed by atoms with van der Waals surface area (Å²) >= 11 is 0. The molecular weight excluding hydrogens is 344 g/mol. The van der Waals surface area contributed by atoms with Gasteiger partial charge in [0.15, 0.2) is 11.5 Å². The van der Waals surface area contributed by atoms with Crippen molar-refractivity contribution in [1.82, 2.24) is 4.98 Å². The Morgan fingerprint density at radius 1 is 1.19 bits per heavy atom. The number of nitrogens with zero attached hydrogens (tertiary/aromatic N) is 1. The topological polar surface area (TPSA) is 77.5 Å². The highest BCUT2D eigenvalue weighted by atomic mass is 16.5. The van der Waals surface area contributed by atoms with Crippen molar-refractivity contribution in [2.45, 2.75) is 26.2 Å². The summed E-state index contributed by atoms with van der Waals surface area (Å²) in [5.41, 5.74) is 3.66. The molecule has 4 aromatic rings. The molecule has 2 aromatic carbocycles. The number of nitrogens with one attached hydrogen (secondary N) is 1. The number of rotatable bonds is 5. The van der Waals surface area contributed by atoms with E-state index in [1.807, 2.05) is 50.2 Å². The van der Waals surface area contributed by atoms with Gasteiger partial charge in [0.2, 0.25) is 5.91 Å². The van der Waals surface area contributed by atoms with Gasteiger partial charge >= 0.3 is 0 Å². The Hall–Kier alpha value is -3.28. The molecule has 0 saturated carbocycles. The lowest BCUT2D eigenvalue weighted by molar-refractivity contribution is -0.115. The van der Waals surface area contributed by atoms with Crippen LogP contribution in [0, 0.1) is 0 Å². The molecule has 2 aromatic heterocycles. The highest BCUT2D eigenvalue weighted by molar-refractivity contribution is 5.96. The highest BCUT2D eigenvalue weighted by Gasteiger charge is 2.13. The van der Waals surface area contributed by atoms with Gasteiger partial charge < -0.3 is 18.9 Å². The molecule has 6 nitrogen and oxygen atoms in total. The van der Waals surface area contributed by atoms with Gasteiger partial charge in [-0.1, -0.05) is 13.8 Å². The summed E-state index contributed by atoms with van der Waals surface area (Å²) in [6, 6.07) is 11.0. The van der Waals surface area contributed by atoms with Gasteiger partial charge in [-0.15, -0.1) is 0 Å². The monoisotopic (exact) mass is 364 g/mol. The summed E-state index contributed by atoms with van der Waals surface area (Å²) < 4.78 is 16.4. The first kappa shape index (κ1) is 17.1. The van der Waals surface area contributed by atoms with Gasteiger partial charge in [-0.05, 0) is 30.3 Å². The highest BCUT2D eigenvalue weighted by Crippen LogP contribution is 2.27. The number of amides is 1. The Balaban J connectivity index is 1.51. The van der Waals surface area contributed by atoms with Crippen LogP contribution >= 0.6 is 0 Å². The molecule has 0 radical (unpaired) electrons. The van der Waals surface area contributed by atoms with Crippen molar-refractivity contribution in [3.8, 4) is 5.75 Å². The fourth-order valence-corrected chi connectivity index (χ4v) is 2.98. The Bertz CT molecular complexity index is 1120. The van der Waals surface area contributed by atoms with E-state index in [4.69, 9.17) is 13.6 Å². The number of oxazole rings is 1. The Morgan fingerprint density at radius 3 is 2.81 bits per heavy atom. The minimum atomic E-state index is -0.125. The number of benzene rings is 2. The second-order valence-electron chi connectivity index (χ2n) is 6.74. The zero-order valence-corrected chi connectivity index (χ0v) is 15.4. The van der Waals surface area contributed by atoms with Crippen LogP contribution in [-0.2, 0) is 11.2 Å². The van der Waals surface area contributed by atoms with Crippen molar-refractivity contribution in [2.24, 2.45) is 0 Å². The van der Waals surface area contributed by atoms with Crippen LogP contribution in [0.5, 0.6) is 5.75 Å². The lowest BCUT2D eigenvalue weighted by Gasteiger charge is -2.04. The van der Waals surface area contributed by atoms with E-state index in [1.165, 1.54) is 0 Å². The van der Waals surface area contributed by atoms with Crippen LogP contribution in [0.3, 0.4) is 0 Å². The van der Waals surface area contributed by atoms with Crippen LogP contribution in [0.15, 0.2) is 51.5 Å². The van der Waals surface area contributed by atoms with Gasteiger partial charge in [-0.2, -0.15) is 0 Å². The standard InChI is InChI=1S/C21H20N2O4/c1-12(2)21-23-17-9-14(4-7-18(17)27-21)22-20(24)8-13-11-26-19-10-15(25-3)5-6-16(13)19/h4-7,9-12H,8H2,1-3H3,(H,22,24). The second kappa shape index (κ2) is 6.79. The summed E-state index contributed by atoms with van der Waals surface area (Å²) in [5.74, 6) is 1.49. The largest absolute Gasteiger partial charge is 0.497 e. The van der Waals surface area contributed by atoms with Crippen molar-refractivity contribution in [1.29, 1.82) is 0 Å². The van der Waals surface area contributed by atoms with E-state index in [0.29, 0.717) is 22.7 Å². The van der Waals surface area contributed by atoms with Crippen LogP contribution in [0.25, 0.3) is 22.1 Å². The van der Waals surface area contributed by atoms with E-state index < -0.39 is 0 Å². The molecule has 0 fully saturated rings. The van der Waals surface area contributed by atoms with Crippen molar-refractivity contribution in [3.63, 3.8) is 0 Å². The van der Waals surface area contributed by atoms with Crippen LogP contribution in [0.4, 0.5) is 5.69 Å². The molecule has 0 saturated heterocycles. The molecule has 27 heavy (non-hydrogen) atoms. The molecule has 2 heterocycles. The Kier molecular flexibility index (Phi) is 4.32. The normalized spacial score (nSPS) is 11.4. The maximum Gasteiger partial charge on any atom is 0.228 e. The van der Waals surface area contributed by atoms with Crippen LogP contribution in [0.1, 0.15) is 31.2 Å². The van der Waals surface area contributed by atoms with Crippen molar-refractivity contribution in [3.05, 3.63) is 54.1 Å². The molecule has 6 heteroatoms. The predicted molar refractivity (Wildman–Crippen MR) is 103 cm³/mol. The zero-order valence-electron chi connectivity index (χ0n) is 15.4. The molecule has 0 atom stereocenters. The number of anilines is 1. The van der Waals surface area contributed by atoms with E-state index in [0.717, 1.165) is 22.2 Å². The molecule has 138 valence electrons. The second-order valence-corrected chi connectivity index (χ2v) is 6.74. The molecule has 0 aliphatic carbocycles. The lowest BCUT2D eigenvalue weighted by atomic mass is 10.1. The predicted octanol–water partition coefficient (Wildman–Crippen LogP) is 4.89. The van der Waals surface area contributed by atoms with Crippen LogP contribution in [0.2, 0.25) is 0 Å². The molecule has 0 spiro atoms. The average molecular weight is 364 g/mol. The van der Waals surface area contributed by atoms with Crippen molar-refractivity contribution in [2.75, 3.05) is 12.4 Å². The van der Waals surface area contributed by atoms with Crippen molar-refractivity contribution < 1.29 is 18.4 Å². The fourth-order valence-electron chi connectivity index (χ4n) is 2.98. The average Bonchev–Trinajstić information content (AvgIpc) is 3.25. The molecule has 0 aliphatic heterocycles. The van der Waals surface area contributed by atoms with E-state index in [9.17, 15) is 4.79 Å². The third kappa shape index (κ3) is 3.38. The summed E-state index contributed by atoms with van der Waals surface area (Å²) in [5, 5.41) is 3.81. The fraction of sp³-hybridized carbons (Fsp3) is 0.238. The quantitative estimate of drug-likeness (QED) is 0.546. The molecule has 1 amide bonds. The smallest absolute Gasteiger partial charge is 0.228 e. The molecule has 0 bridgehead atoms. The minimum absolute atomic E-state index is 0.125. The summed E-state index contributed by atoms with van der Waals surface area (Å²) in [6.07, 6.45) is 1.83. The molecule has 0 unspecified atom stereocenters. The first-order valence-electron chi connectivity index (χ1n) is 8.78. The maximum absolute atomic E-state index is 12.5. The lowest BCUT2D eigenvalue weighted by Crippen LogP contribution is -2.14. The number of fused-ring (bicyclic) bond motifs is 2. The summed E-state index contributed by atoms with van der Waals surface area (Å²) in [7, 11) is 1.61. The summed E-state index contributed by atoms with van der Waals surface area (Å²) in [6.45, 7) is 4.05. The SMILES string of the molecule is COc1ccc2c(CC(=O)Nc3ccc4oc(C(C)C)nc4c3)coc2c1. The van der Waals surface area contributed by atoms with E-state index in [2.05, 4.69) is 10.3 Å². The van der Waals surface area contributed by atoms with Gasteiger partial charge in [0.05, 0.1) is 19.8 Å². The number of aromatic nitrogens is 1. The molecule has 4 rings (SSSR count). The van der Waals surface area contributed by atoms with Gasteiger partial charge in [0.1, 0.15) is 16.8 Å². The first-order valence-corrected chi connectivity index (χ1v) is 8.78. The van der Waals surface area contributed by atoms with Gasteiger partial charge in [0, 0.05) is 28.6 Å². The number of carbonyl (C=O) groups is 1. The van der Waals surface area contributed by atoms with Gasteiger partial charge in [0.25, 0.3) is 0 Å². The Labute approximate surface area is 156 Å². The summed E-state index contributed by atoms with van der Waals surface area (Å²) in [4.78, 5) is 16.9. The number of furan rings is 1. The molecule has 0 aliphatic rings. The Morgan fingerprint density at radius 2 is 2.04 bits per heavy atom. The number of ether oxygens (including phenoxy) is 1. The van der Waals surface area contributed by atoms with E-state index in [-0.39, 0.29) is 18.2 Å². The molecular formula is C21H20N2O4. The first-order chi connectivity index (χ1) is 13.0.